The number of hydrogen-bond acceptors (Lipinski definition) is 6. The topological polar surface area (TPSA) is 59.9 Å². The maximum absolute atomic E-state index is 5.55. The molecular formula is C14H18N4OS. The zero-order valence-corrected chi connectivity index (χ0v) is 12.3. The molecule has 3 rings (SSSR count). The Morgan fingerprint density at radius 2 is 2.15 bits per heavy atom. The van der Waals surface area contributed by atoms with Crippen LogP contribution in [0, 0.1) is 0 Å². The molecule has 0 radical (unpaired) electrons. The van der Waals surface area contributed by atoms with Crippen LogP contribution in [-0.4, -0.2) is 34.4 Å². The van der Waals surface area contributed by atoms with Crippen LogP contribution in [-0.2, 0) is 4.74 Å². The summed E-state index contributed by atoms with van der Waals surface area (Å²) in [5.41, 5.74) is 0.866. The molecule has 1 fully saturated rings. The number of pyridine rings is 1. The Balaban J connectivity index is 1.71. The average molecular weight is 290 g/mol. The Hall–Kier alpha value is -1.53. The molecule has 2 aromatic rings. The summed E-state index contributed by atoms with van der Waals surface area (Å²) in [7, 11) is 1.78. The lowest BCUT2D eigenvalue weighted by atomic mass is 9.92. The summed E-state index contributed by atoms with van der Waals surface area (Å²) in [4.78, 5) is 4.30. The van der Waals surface area contributed by atoms with Crippen molar-refractivity contribution in [3.05, 3.63) is 24.4 Å². The van der Waals surface area contributed by atoms with Gasteiger partial charge in [-0.15, -0.1) is 10.2 Å². The fourth-order valence-corrected chi connectivity index (χ4v) is 3.36. The van der Waals surface area contributed by atoms with Gasteiger partial charge in [-0.3, -0.25) is 4.98 Å². The molecule has 1 N–H and O–H groups in total. The van der Waals surface area contributed by atoms with E-state index in [9.17, 15) is 0 Å². The van der Waals surface area contributed by atoms with Crippen LogP contribution in [0.2, 0.25) is 0 Å². The van der Waals surface area contributed by atoms with Crippen LogP contribution in [0.5, 0.6) is 0 Å². The number of nitrogens with zero attached hydrogens (tertiary/aromatic N) is 3. The molecular weight excluding hydrogens is 272 g/mol. The number of hydrogen-bond donors (Lipinski definition) is 1. The molecule has 0 unspecified atom stereocenters. The molecule has 0 aromatic carbocycles. The number of anilines is 1. The number of nitrogens with one attached hydrogen (secondary N) is 1. The first kappa shape index (κ1) is 13.5. The van der Waals surface area contributed by atoms with Gasteiger partial charge >= 0.3 is 0 Å². The summed E-state index contributed by atoms with van der Waals surface area (Å²) >= 11 is 1.54. The van der Waals surface area contributed by atoms with Gasteiger partial charge in [0, 0.05) is 13.3 Å². The quantitative estimate of drug-likeness (QED) is 0.938. The molecule has 0 saturated heterocycles. The minimum absolute atomic E-state index is 0.269. The van der Waals surface area contributed by atoms with E-state index < -0.39 is 0 Å². The van der Waals surface area contributed by atoms with E-state index in [4.69, 9.17) is 4.74 Å². The first-order chi connectivity index (χ1) is 9.86. The molecule has 0 aliphatic heterocycles. The molecule has 0 amide bonds. The molecule has 6 heteroatoms. The second kappa shape index (κ2) is 6.28. The van der Waals surface area contributed by atoms with Crippen LogP contribution in [0.15, 0.2) is 24.4 Å². The van der Waals surface area contributed by atoms with Gasteiger partial charge in [0.1, 0.15) is 5.69 Å². The first-order valence-corrected chi connectivity index (χ1v) is 7.72. The molecule has 2 heterocycles. The van der Waals surface area contributed by atoms with Gasteiger partial charge in [0.05, 0.1) is 12.1 Å². The average Bonchev–Trinajstić information content (AvgIpc) is 2.97. The Kier molecular flexibility index (Phi) is 4.22. The van der Waals surface area contributed by atoms with Gasteiger partial charge in [-0.1, -0.05) is 30.2 Å². The highest BCUT2D eigenvalue weighted by Gasteiger charge is 2.25. The zero-order chi connectivity index (χ0) is 13.8. The largest absolute Gasteiger partial charge is 0.379 e. The smallest absolute Gasteiger partial charge is 0.206 e. The number of aromatic nitrogens is 3. The molecule has 2 atom stereocenters. The molecule has 1 aliphatic rings. The molecule has 20 heavy (non-hydrogen) atoms. The second-order valence-electron chi connectivity index (χ2n) is 4.94. The Morgan fingerprint density at radius 1 is 1.25 bits per heavy atom. The van der Waals surface area contributed by atoms with Crippen molar-refractivity contribution in [2.45, 2.75) is 37.8 Å². The van der Waals surface area contributed by atoms with Crippen LogP contribution < -0.4 is 5.32 Å². The maximum atomic E-state index is 5.55. The summed E-state index contributed by atoms with van der Waals surface area (Å²) in [6.07, 6.45) is 6.75. The highest BCUT2D eigenvalue weighted by Crippen LogP contribution is 2.28. The van der Waals surface area contributed by atoms with Crippen LogP contribution >= 0.6 is 11.3 Å². The van der Waals surface area contributed by atoms with E-state index in [1.54, 1.807) is 24.6 Å². The summed E-state index contributed by atoms with van der Waals surface area (Å²) in [6, 6.07) is 6.13. The number of ether oxygens (including phenoxy) is 1. The van der Waals surface area contributed by atoms with Crippen molar-refractivity contribution in [1.29, 1.82) is 0 Å². The standard InChI is InChI=1S/C14H18N4OS/c1-19-12-8-3-2-6-10(12)16-14-18-17-13(20-14)11-7-4-5-9-15-11/h4-5,7,9-10,12H,2-3,6,8H2,1H3,(H,16,18)/t10-,12+/m0/s1. The van der Waals surface area contributed by atoms with Crippen molar-refractivity contribution in [2.24, 2.45) is 0 Å². The van der Waals surface area contributed by atoms with Gasteiger partial charge in [-0.05, 0) is 25.0 Å². The van der Waals surface area contributed by atoms with Crippen LogP contribution in [0.4, 0.5) is 5.13 Å². The maximum Gasteiger partial charge on any atom is 0.206 e. The zero-order valence-electron chi connectivity index (χ0n) is 11.5. The van der Waals surface area contributed by atoms with E-state index in [1.165, 1.54) is 12.8 Å². The minimum atomic E-state index is 0.269. The van der Waals surface area contributed by atoms with E-state index in [1.807, 2.05) is 18.2 Å². The Labute approximate surface area is 122 Å². The molecule has 0 spiro atoms. The normalized spacial score (nSPS) is 22.6. The minimum Gasteiger partial charge on any atom is -0.379 e. The van der Waals surface area contributed by atoms with E-state index in [-0.39, 0.29) is 6.10 Å². The lowest BCUT2D eigenvalue weighted by Crippen LogP contribution is -2.37. The SMILES string of the molecule is CO[C@@H]1CCCC[C@@H]1Nc1nnc(-c2ccccn2)s1. The van der Waals surface area contributed by atoms with Gasteiger partial charge in [0.25, 0.3) is 0 Å². The second-order valence-corrected chi connectivity index (χ2v) is 5.91. The first-order valence-electron chi connectivity index (χ1n) is 6.91. The summed E-state index contributed by atoms with van der Waals surface area (Å²) in [5.74, 6) is 0. The molecule has 2 aromatic heterocycles. The van der Waals surface area contributed by atoms with E-state index in [0.717, 1.165) is 28.7 Å². The predicted octanol–water partition coefficient (Wildman–Crippen LogP) is 2.97. The highest BCUT2D eigenvalue weighted by molar-refractivity contribution is 7.18. The Morgan fingerprint density at radius 3 is 2.95 bits per heavy atom. The molecule has 106 valence electrons. The number of methoxy groups -OCH3 is 1. The fourth-order valence-electron chi connectivity index (χ4n) is 2.58. The molecule has 1 aliphatic carbocycles. The van der Waals surface area contributed by atoms with Gasteiger partial charge in [0.2, 0.25) is 5.13 Å². The van der Waals surface area contributed by atoms with E-state index >= 15 is 0 Å². The van der Waals surface area contributed by atoms with Gasteiger partial charge < -0.3 is 10.1 Å². The van der Waals surface area contributed by atoms with E-state index in [2.05, 4.69) is 20.5 Å². The number of rotatable bonds is 4. The third-order valence-electron chi connectivity index (χ3n) is 3.62. The predicted molar refractivity (Wildman–Crippen MR) is 79.8 cm³/mol. The van der Waals surface area contributed by atoms with Crippen LogP contribution in [0.25, 0.3) is 10.7 Å². The van der Waals surface area contributed by atoms with Crippen molar-refractivity contribution >= 4 is 16.5 Å². The summed E-state index contributed by atoms with van der Waals surface area (Å²) in [5, 5.41) is 13.6. The molecule has 5 nitrogen and oxygen atoms in total. The van der Waals surface area contributed by atoms with Gasteiger partial charge in [-0.25, -0.2) is 0 Å². The van der Waals surface area contributed by atoms with Crippen molar-refractivity contribution in [1.82, 2.24) is 15.2 Å². The Bertz CT molecular complexity index is 545. The summed E-state index contributed by atoms with van der Waals surface area (Å²) in [6.45, 7) is 0. The van der Waals surface area contributed by atoms with E-state index in [0.29, 0.717) is 6.04 Å². The van der Waals surface area contributed by atoms with Crippen molar-refractivity contribution in [2.75, 3.05) is 12.4 Å². The lowest BCUT2D eigenvalue weighted by molar-refractivity contribution is 0.0606. The summed E-state index contributed by atoms with van der Waals surface area (Å²) < 4.78 is 5.55. The monoisotopic (exact) mass is 290 g/mol. The van der Waals surface area contributed by atoms with Gasteiger partial charge in [-0.2, -0.15) is 0 Å². The van der Waals surface area contributed by atoms with Crippen LogP contribution in [0.3, 0.4) is 0 Å². The van der Waals surface area contributed by atoms with Crippen molar-refractivity contribution in [3.8, 4) is 10.7 Å². The third-order valence-corrected chi connectivity index (χ3v) is 4.50. The van der Waals surface area contributed by atoms with Gasteiger partial charge in [0.15, 0.2) is 5.01 Å². The third kappa shape index (κ3) is 2.96. The van der Waals surface area contributed by atoms with Crippen molar-refractivity contribution in [3.63, 3.8) is 0 Å². The lowest BCUT2D eigenvalue weighted by Gasteiger charge is -2.30. The molecule has 0 bridgehead atoms. The molecule has 1 saturated carbocycles. The van der Waals surface area contributed by atoms with Crippen molar-refractivity contribution < 1.29 is 4.74 Å². The van der Waals surface area contributed by atoms with Crippen LogP contribution in [0.1, 0.15) is 25.7 Å². The highest BCUT2D eigenvalue weighted by atomic mass is 32.1. The fraction of sp³-hybridized carbons (Fsp3) is 0.500.